The molecule has 1 fully saturated rings. The molecule has 0 aromatic carbocycles. The largest absolute Gasteiger partial charge is 0.456 e. The number of aliphatic hydroxyl groups is 3. The Morgan fingerprint density at radius 1 is 1.25 bits per heavy atom. The van der Waals surface area contributed by atoms with Crippen molar-refractivity contribution in [3.8, 4) is 0 Å². The van der Waals surface area contributed by atoms with Gasteiger partial charge in [0.2, 0.25) is 5.79 Å². The molecular weight excluding hydrogens is 568 g/mol. The maximum Gasteiger partial charge on any atom is 0.331 e. The van der Waals surface area contributed by atoms with Gasteiger partial charge in [0, 0.05) is 32.0 Å². The van der Waals surface area contributed by atoms with Crippen molar-refractivity contribution in [3.05, 3.63) is 59.7 Å². The van der Waals surface area contributed by atoms with Gasteiger partial charge in [-0.05, 0) is 68.6 Å². The molecule has 1 aromatic rings. The Morgan fingerprint density at radius 2 is 2.02 bits per heavy atom. The number of ether oxygens (including phenoxy) is 5. The quantitative estimate of drug-likeness (QED) is 0.227. The number of hydrogen-bond donors (Lipinski definition) is 3. The summed E-state index contributed by atoms with van der Waals surface area (Å²) in [6, 6.07) is 0. The van der Waals surface area contributed by atoms with Crippen LogP contribution in [0.25, 0.3) is 6.08 Å². The van der Waals surface area contributed by atoms with Gasteiger partial charge in [-0.1, -0.05) is 31.6 Å². The van der Waals surface area contributed by atoms with Gasteiger partial charge in [-0.25, -0.2) is 9.78 Å². The number of esters is 1. The van der Waals surface area contributed by atoms with E-state index in [-0.39, 0.29) is 31.0 Å². The first-order valence-corrected chi connectivity index (χ1v) is 15.3. The van der Waals surface area contributed by atoms with Crippen LogP contribution in [-0.4, -0.2) is 93.3 Å². The molecule has 4 heterocycles. The number of rotatable bonds is 8. The number of allylic oxidation sites excluding steroid dienone is 3. The molecule has 5 rings (SSSR count). The molecular formula is C33H46N2O9. The van der Waals surface area contributed by atoms with Crippen molar-refractivity contribution in [2.45, 2.75) is 82.6 Å². The molecule has 0 spiro atoms. The topological polar surface area (TPSA) is 142 Å². The number of carbonyl (C=O) groups is 1. The summed E-state index contributed by atoms with van der Waals surface area (Å²) in [5.74, 6) is -1.11. The molecule has 44 heavy (non-hydrogen) atoms. The van der Waals surface area contributed by atoms with E-state index < -0.39 is 48.1 Å². The van der Waals surface area contributed by atoms with Crippen molar-refractivity contribution in [2.75, 3.05) is 20.3 Å². The van der Waals surface area contributed by atoms with Crippen LogP contribution in [0, 0.1) is 23.7 Å². The summed E-state index contributed by atoms with van der Waals surface area (Å²) in [6.45, 7) is 8.23. The van der Waals surface area contributed by atoms with Crippen molar-refractivity contribution in [3.63, 3.8) is 0 Å². The molecule has 3 N–H and O–H groups in total. The van der Waals surface area contributed by atoms with Crippen molar-refractivity contribution < 1.29 is 43.8 Å². The Hall–Kier alpha value is -2.64. The molecule has 1 saturated heterocycles. The second-order valence-corrected chi connectivity index (χ2v) is 13.0. The van der Waals surface area contributed by atoms with Crippen molar-refractivity contribution in [1.82, 2.24) is 9.55 Å². The SMILES string of the molecule is CO[C@]12C=C[C@](C)(O1)[C@@H](OC(=O)C=Cc1cn(C)cn1)C[C@H]1C(C)=CC[C@H](C(C)C)C1C=C2CO[C@@H]1OC[C@@H](O)[C@@H](O)[C@@H]1O. The average Bonchev–Trinajstić information content (AvgIpc) is 3.58. The van der Waals surface area contributed by atoms with Crippen LogP contribution >= 0.6 is 0 Å². The first-order chi connectivity index (χ1) is 20.9. The predicted molar refractivity (Wildman–Crippen MR) is 161 cm³/mol. The fourth-order valence-corrected chi connectivity index (χ4v) is 6.86. The molecule has 1 aliphatic carbocycles. The minimum absolute atomic E-state index is 0.0349. The monoisotopic (exact) mass is 614 g/mol. The van der Waals surface area contributed by atoms with Crippen LogP contribution in [0.2, 0.25) is 0 Å². The van der Waals surface area contributed by atoms with E-state index in [1.807, 2.05) is 32.3 Å². The van der Waals surface area contributed by atoms with E-state index in [9.17, 15) is 20.1 Å². The van der Waals surface area contributed by atoms with Crippen LogP contribution in [-0.2, 0) is 35.5 Å². The zero-order valence-corrected chi connectivity index (χ0v) is 26.3. The fraction of sp³-hybridized carbons (Fsp3) is 0.636. The van der Waals surface area contributed by atoms with Crippen molar-refractivity contribution in [1.29, 1.82) is 0 Å². The van der Waals surface area contributed by atoms with Crippen molar-refractivity contribution in [2.24, 2.45) is 30.7 Å². The van der Waals surface area contributed by atoms with Crippen LogP contribution in [0.1, 0.15) is 46.2 Å². The lowest BCUT2D eigenvalue weighted by Crippen LogP contribution is -2.54. The van der Waals surface area contributed by atoms with Crippen LogP contribution in [0.5, 0.6) is 0 Å². The maximum atomic E-state index is 13.2. The molecule has 0 radical (unpaired) electrons. The number of hydrogen-bond acceptors (Lipinski definition) is 10. The van der Waals surface area contributed by atoms with Gasteiger partial charge in [-0.15, -0.1) is 0 Å². The normalized spacial score (nSPS) is 39.0. The van der Waals surface area contributed by atoms with Crippen LogP contribution in [0.3, 0.4) is 0 Å². The highest BCUT2D eigenvalue weighted by Crippen LogP contribution is 2.49. The number of aromatic nitrogens is 2. The Bertz CT molecular complexity index is 1320. The van der Waals surface area contributed by atoms with Gasteiger partial charge in [-0.3, -0.25) is 0 Å². The number of imidazole rings is 1. The van der Waals surface area contributed by atoms with E-state index in [1.165, 1.54) is 11.6 Å². The van der Waals surface area contributed by atoms with Crippen LogP contribution < -0.4 is 0 Å². The summed E-state index contributed by atoms with van der Waals surface area (Å²) in [5, 5.41) is 30.6. The summed E-state index contributed by atoms with van der Waals surface area (Å²) >= 11 is 0. The average molecular weight is 615 g/mol. The maximum absolute atomic E-state index is 13.2. The molecule has 1 aromatic heterocycles. The third-order valence-corrected chi connectivity index (χ3v) is 9.60. The molecule has 3 aliphatic heterocycles. The zero-order chi connectivity index (χ0) is 31.8. The highest BCUT2D eigenvalue weighted by atomic mass is 16.7. The summed E-state index contributed by atoms with van der Waals surface area (Å²) in [6.07, 6.45) is 10.2. The smallest absolute Gasteiger partial charge is 0.331 e. The summed E-state index contributed by atoms with van der Waals surface area (Å²) < 4.78 is 32.4. The van der Waals surface area contributed by atoms with E-state index >= 15 is 0 Å². The van der Waals surface area contributed by atoms with Gasteiger partial charge in [0.05, 0.1) is 25.2 Å². The Morgan fingerprint density at radius 3 is 2.70 bits per heavy atom. The van der Waals surface area contributed by atoms with Crippen LogP contribution in [0.4, 0.5) is 0 Å². The summed E-state index contributed by atoms with van der Waals surface area (Å²) in [4.78, 5) is 17.4. The van der Waals surface area contributed by atoms with Gasteiger partial charge in [-0.2, -0.15) is 0 Å². The highest BCUT2D eigenvalue weighted by molar-refractivity contribution is 5.86. The summed E-state index contributed by atoms with van der Waals surface area (Å²) in [5.41, 5.74) is 1.50. The molecule has 11 heteroatoms. The second-order valence-electron chi connectivity index (χ2n) is 13.0. The lowest BCUT2D eigenvalue weighted by Gasteiger charge is -2.41. The second kappa shape index (κ2) is 13.0. The fourth-order valence-electron chi connectivity index (χ4n) is 6.86. The minimum atomic E-state index is -1.43. The molecule has 1 unspecified atom stereocenters. The van der Waals surface area contributed by atoms with Gasteiger partial charge < -0.3 is 43.6 Å². The van der Waals surface area contributed by atoms with E-state index in [0.717, 1.165) is 6.42 Å². The number of carbonyl (C=O) groups excluding carboxylic acids is 1. The lowest BCUT2D eigenvalue weighted by atomic mass is 9.65. The highest BCUT2D eigenvalue weighted by Gasteiger charge is 2.53. The number of aliphatic hydroxyl groups excluding tert-OH is 3. The van der Waals surface area contributed by atoms with Gasteiger partial charge >= 0.3 is 5.97 Å². The molecule has 4 aliphatic rings. The molecule has 2 bridgehead atoms. The van der Waals surface area contributed by atoms with E-state index in [0.29, 0.717) is 23.6 Å². The Kier molecular flexibility index (Phi) is 9.67. The number of aryl methyl sites for hydroxylation is 1. The van der Waals surface area contributed by atoms with Gasteiger partial charge in [0.25, 0.3) is 0 Å². The molecule has 0 saturated carbocycles. The zero-order valence-electron chi connectivity index (χ0n) is 26.3. The number of nitrogens with zero attached hydrogens (tertiary/aromatic N) is 2. The van der Waals surface area contributed by atoms with E-state index in [2.05, 4.69) is 37.9 Å². The lowest BCUT2D eigenvalue weighted by molar-refractivity contribution is -0.272. The van der Waals surface area contributed by atoms with E-state index in [1.54, 1.807) is 24.1 Å². The van der Waals surface area contributed by atoms with Gasteiger partial charge in [0.15, 0.2) is 6.29 Å². The number of fused-ring (bicyclic) bond motifs is 3. The third-order valence-electron chi connectivity index (χ3n) is 9.60. The molecule has 11 nitrogen and oxygen atoms in total. The Balaban J connectivity index is 1.48. The minimum Gasteiger partial charge on any atom is -0.456 e. The molecule has 10 atom stereocenters. The molecule has 0 amide bonds. The third kappa shape index (κ3) is 6.50. The standard InChI is InChI=1S/C33H46N2O9/c1-19(2)23-9-7-20(3)24-14-27(43-28(37)10-8-22-15-35(5)18-34-22)32(4)11-12-33(40-6,44-32)21(13-25(23)24)16-41-31-30(39)29(38)26(36)17-42-31/h7-8,10-13,15,18-19,23-27,29-31,36,38-39H,9,14,16-17H2,1-6H3/t23-,24+,25?,26-,27+,29-,30+,31-,32+,33-/m1/s1. The molecule has 242 valence electrons. The number of methoxy groups -OCH3 is 1. The van der Waals surface area contributed by atoms with Crippen LogP contribution in [0.15, 0.2) is 54.1 Å². The van der Waals surface area contributed by atoms with Gasteiger partial charge in [0.1, 0.15) is 30.0 Å². The first-order valence-electron chi connectivity index (χ1n) is 15.3. The summed E-state index contributed by atoms with van der Waals surface area (Å²) in [7, 11) is 3.41. The van der Waals surface area contributed by atoms with Crippen molar-refractivity contribution >= 4 is 12.0 Å². The van der Waals surface area contributed by atoms with E-state index in [4.69, 9.17) is 23.7 Å². The predicted octanol–water partition coefficient (Wildman–Crippen LogP) is 2.67. The Labute approximate surface area is 258 Å². The first kappa shape index (κ1) is 32.7.